The number of nitrogens with one attached hydrogen (secondary N) is 1. The van der Waals surface area contributed by atoms with Gasteiger partial charge in [0, 0.05) is 22.3 Å². The predicted octanol–water partition coefficient (Wildman–Crippen LogP) is 1.63. The molecule has 0 aromatic heterocycles. The third-order valence-electron chi connectivity index (χ3n) is 3.40. The predicted molar refractivity (Wildman–Crippen MR) is 102 cm³/mol. The fourth-order valence-electron chi connectivity index (χ4n) is 2.41. The molecular formula is C16H23IN4O3. The highest BCUT2D eigenvalue weighted by Crippen LogP contribution is 2.15. The van der Waals surface area contributed by atoms with Gasteiger partial charge >= 0.3 is 0 Å². The van der Waals surface area contributed by atoms with Gasteiger partial charge in [0.25, 0.3) is 5.91 Å². The van der Waals surface area contributed by atoms with Crippen LogP contribution in [0.25, 0.3) is 0 Å². The summed E-state index contributed by atoms with van der Waals surface area (Å²) in [6.07, 6.45) is 0. The van der Waals surface area contributed by atoms with Crippen LogP contribution in [-0.4, -0.2) is 55.1 Å². The normalized spacial score (nSPS) is 18.2. The third kappa shape index (κ3) is 6.62. The molecule has 0 bridgehead atoms. The average Bonchev–Trinajstić information content (AvgIpc) is 2.48. The van der Waals surface area contributed by atoms with E-state index in [0.717, 1.165) is 22.3 Å². The van der Waals surface area contributed by atoms with Gasteiger partial charge in [0.15, 0.2) is 12.4 Å². The number of ether oxygens (including phenoxy) is 1. The standard InChI is InChI=1S/C16H23IN4O3/c1-16(2)11-21(7-8-23-16)9-14(18)20-24-10-15(22)19-13-5-3-12(17)4-6-13/h3-6H,7-11H2,1-2H3,(H2,18,20)(H,19,22). The van der Waals surface area contributed by atoms with Crippen LogP contribution in [0.2, 0.25) is 0 Å². The number of morpholine rings is 1. The number of benzene rings is 1. The van der Waals surface area contributed by atoms with E-state index in [-0.39, 0.29) is 18.1 Å². The first-order chi connectivity index (χ1) is 11.3. The lowest BCUT2D eigenvalue weighted by Gasteiger charge is -2.37. The van der Waals surface area contributed by atoms with Crippen LogP contribution >= 0.6 is 22.6 Å². The Morgan fingerprint density at radius 3 is 2.83 bits per heavy atom. The number of nitrogens with two attached hydrogens (primary N) is 1. The second-order valence-corrected chi connectivity index (χ2v) is 7.48. The van der Waals surface area contributed by atoms with Gasteiger partial charge in [0.2, 0.25) is 0 Å². The van der Waals surface area contributed by atoms with Gasteiger partial charge in [-0.3, -0.25) is 9.69 Å². The van der Waals surface area contributed by atoms with E-state index in [1.165, 1.54) is 0 Å². The molecule has 1 saturated heterocycles. The maximum Gasteiger partial charge on any atom is 0.265 e. The Kier molecular flexibility index (Phi) is 6.81. The van der Waals surface area contributed by atoms with E-state index in [1.807, 2.05) is 38.1 Å². The summed E-state index contributed by atoms with van der Waals surface area (Å²) < 4.78 is 6.75. The topological polar surface area (TPSA) is 89.2 Å². The molecule has 1 amide bonds. The van der Waals surface area contributed by atoms with Crippen molar-refractivity contribution in [3.63, 3.8) is 0 Å². The van der Waals surface area contributed by atoms with Crippen molar-refractivity contribution >= 4 is 40.0 Å². The largest absolute Gasteiger partial charge is 0.384 e. The van der Waals surface area contributed by atoms with Gasteiger partial charge in [-0.15, -0.1) is 0 Å². The zero-order valence-corrected chi connectivity index (χ0v) is 16.1. The van der Waals surface area contributed by atoms with Crippen LogP contribution in [0.3, 0.4) is 0 Å². The van der Waals surface area contributed by atoms with E-state index in [0.29, 0.717) is 19.0 Å². The first kappa shape index (κ1) is 18.9. The fourth-order valence-corrected chi connectivity index (χ4v) is 2.77. The Hall–Kier alpha value is -1.39. The lowest BCUT2D eigenvalue weighted by atomic mass is 10.1. The first-order valence-corrected chi connectivity index (χ1v) is 8.78. The van der Waals surface area contributed by atoms with Crippen molar-refractivity contribution in [1.82, 2.24) is 4.90 Å². The minimum atomic E-state index is -0.278. The lowest BCUT2D eigenvalue weighted by molar-refractivity contribution is -0.120. The molecule has 0 unspecified atom stereocenters. The molecule has 0 radical (unpaired) electrons. The molecule has 0 atom stereocenters. The fraction of sp³-hybridized carbons (Fsp3) is 0.500. The molecule has 8 heteroatoms. The number of carbonyl (C=O) groups is 1. The number of nitrogens with zero attached hydrogens (tertiary/aromatic N) is 2. The number of amidine groups is 1. The molecule has 1 fully saturated rings. The number of halogens is 1. The van der Waals surface area contributed by atoms with Gasteiger partial charge in [-0.25, -0.2) is 0 Å². The van der Waals surface area contributed by atoms with Crippen LogP contribution < -0.4 is 11.1 Å². The van der Waals surface area contributed by atoms with Crippen molar-refractivity contribution in [2.45, 2.75) is 19.4 Å². The summed E-state index contributed by atoms with van der Waals surface area (Å²) in [4.78, 5) is 19.0. The van der Waals surface area contributed by atoms with E-state index in [2.05, 4.69) is 38.0 Å². The number of anilines is 1. The molecule has 1 aromatic rings. The smallest absolute Gasteiger partial charge is 0.265 e. The van der Waals surface area contributed by atoms with Crippen molar-refractivity contribution in [1.29, 1.82) is 0 Å². The van der Waals surface area contributed by atoms with Crippen LogP contribution in [0.1, 0.15) is 13.8 Å². The Morgan fingerprint density at radius 2 is 2.17 bits per heavy atom. The van der Waals surface area contributed by atoms with E-state index in [9.17, 15) is 4.79 Å². The Bertz CT molecular complexity index is 589. The molecule has 24 heavy (non-hydrogen) atoms. The maximum atomic E-state index is 11.8. The van der Waals surface area contributed by atoms with Crippen molar-refractivity contribution in [3.05, 3.63) is 27.8 Å². The van der Waals surface area contributed by atoms with Gasteiger partial charge in [-0.05, 0) is 60.7 Å². The van der Waals surface area contributed by atoms with Crippen LogP contribution in [0.15, 0.2) is 29.4 Å². The molecule has 1 aliphatic rings. The summed E-state index contributed by atoms with van der Waals surface area (Å²) in [5.74, 6) is 0.0648. The quantitative estimate of drug-likeness (QED) is 0.300. The average molecular weight is 446 g/mol. The molecule has 1 aromatic carbocycles. The summed E-state index contributed by atoms with van der Waals surface area (Å²) in [6.45, 7) is 6.63. The zero-order chi connectivity index (χ0) is 17.6. The zero-order valence-electron chi connectivity index (χ0n) is 13.9. The van der Waals surface area contributed by atoms with E-state index >= 15 is 0 Å². The van der Waals surface area contributed by atoms with Crippen molar-refractivity contribution in [2.75, 3.05) is 38.2 Å². The third-order valence-corrected chi connectivity index (χ3v) is 4.11. The highest BCUT2D eigenvalue weighted by Gasteiger charge is 2.27. The summed E-state index contributed by atoms with van der Waals surface area (Å²) in [7, 11) is 0. The SMILES string of the molecule is CC1(C)CN(C/C(N)=N/OCC(=O)Nc2ccc(I)cc2)CCO1. The van der Waals surface area contributed by atoms with Crippen molar-refractivity contribution in [3.8, 4) is 0 Å². The number of oxime groups is 1. The van der Waals surface area contributed by atoms with Gasteiger partial charge in [0.1, 0.15) is 0 Å². The van der Waals surface area contributed by atoms with Crippen molar-refractivity contribution < 1.29 is 14.4 Å². The molecule has 0 spiro atoms. The van der Waals surface area contributed by atoms with Gasteiger partial charge in [-0.1, -0.05) is 5.16 Å². The van der Waals surface area contributed by atoms with E-state index in [1.54, 1.807) is 0 Å². The van der Waals surface area contributed by atoms with E-state index < -0.39 is 0 Å². The molecule has 2 rings (SSSR count). The summed E-state index contributed by atoms with van der Waals surface area (Å²) in [5.41, 5.74) is 6.39. The number of hydrogen-bond donors (Lipinski definition) is 2. The van der Waals surface area contributed by atoms with Gasteiger partial charge in [0.05, 0.1) is 18.8 Å². The Balaban J connectivity index is 1.72. The molecule has 1 aliphatic heterocycles. The second kappa shape index (κ2) is 8.63. The molecule has 0 aliphatic carbocycles. The molecular weight excluding hydrogens is 423 g/mol. The maximum absolute atomic E-state index is 11.8. The Morgan fingerprint density at radius 1 is 1.46 bits per heavy atom. The number of hydrogen-bond acceptors (Lipinski definition) is 5. The lowest BCUT2D eigenvalue weighted by Crippen LogP contribution is -2.50. The minimum Gasteiger partial charge on any atom is -0.384 e. The molecule has 0 saturated carbocycles. The molecule has 7 nitrogen and oxygen atoms in total. The first-order valence-electron chi connectivity index (χ1n) is 7.70. The summed E-state index contributed by atoms with van der Waals surface area (Å²) in [6, 6.07) is 7.49. The molecule has 1 heterocycles. The highest BCUT2D eigenvalue weighted by atomic mass is 127. The Labute approximate surface area is 155 Å². The number of amides is 1. The number of carbonyl (C=O) groups excluding carboxylic acids is 1. The van der Waals surface area contributed by atoms with Crippen LogP contribution in [-0.2, 0) is 14.4 Å². The van der Waals surface area contributed by atoms with Crippen LogP contribution in [0.4, 0.5) is 5.69 Å². The van der Waals surface area contributed by atoms with E-state index in [4.69, 9.17) is 15.3 Å². The monoisotopic (exact) mass is 446 g/mol. The minimum absolute atomic E-state index is 0.179. The van der Waals surface area contributed by atoms with Crippen LogP contribution in [0.5, 0.6) is 0 Å². The summed E-state index contributed by atoms with van der Waals surface area (Å²) >= 11 is 2.20. The molecule has 132 valence electrons. The second-order valence-electron chi connectivity index (χ2n) is 6.23. The van der Waals surface area contributed by atoms with Gasteiger partial charge in [-0.2, -0.15) is 0 Å². The van der Waals surface area contributed by atoms with Crippen LogP contribution in [0, 0.1) is 3.57 Å². The van der Waals surface area contributed by atoms with Crippen molar-refractivity contribution in [2.24, 2.45) is 10.9 Å². The summed E-state index contributed by atoms with van der Waals surface area (Å²) in [5, 5.41) is 6.54. The molecule has 3 N–H and O–H groups in total. The highest BCUT2D eigenvalue weighted by molar-refractivity contribution is 14.1. The number of rotatable bonds is 6. The van der Waals surface area contributed by atoms with Gasteiger partial charge < -0.3 is 20.6 Å².